The highest BCUT2D eigenvalue weighted by atomic mass is 35.5. The molecule has 0 unspecified atom stereocenters. The van der Waals surface area contributed by atoms with Gasteiger partial charge < -0.3 is 0 Å². The number of nitrogens with zero attached hydrogens (tertiary/aromatic N) is 1. The molecule has 0 aliphatic carbocycles. The zero-order valence-corrected chi connectivity index (χ0v) is 7.02. The van der Waals surface area contributed by atoms with Crippen LogP contribution in [0.3, 0.4) is 0 Å². The lowest BCUT2D eigenvalue weighted by Crippen LogP contribution is -2.33. The van der Waals surface area contributed by atoms with Gasteiger partial charge in [0.25, 0.3) is 5.15 Å². The van der Waals surface area contributed by atoms with E-state index in [1.165, 1.54) is 0 Å². The number of aromatic nitrogens is 1. The summed E-state index contributed by atoms with van der Waals surface area (Å²) < 4.78 is 2.01. The van der Waals surface area contributed by atoms with Gasteiger partial charge in [-0.2, -0.15) is 4.57 Å². The molecule has 1 rings (SSSR count). The molecule has 1 heterocycles. The Hall–Kier alpha value is -0.560. The first-order valence-corrected chi connectivity index (χ1v) is 3.78. The number of hydrogen-bond donors (Lipinski definition) is 0. The van der Waals surface area contributed by atoms with E-state index in [-0.39, 0.29) is 0 Å². The van der Waals surface area contributed by atoms with E-state index in [9.17, 15) is 0 Å². The van der Waals surface area contributed by atoms with Crippen LogP contribution in [0, 0.1) is 6.92 Å². The van der Waals surface area contributed by atoms with Gasteiger partial charge in [-0.15, -0.1) is 0 Å². The topological polar surface area (TPSA) is 3.88 Å². The summed E-state index contributed by atoms with van der Waals surface area (Å²) in [7, 11) is 0. The van der Waals surface area contributed by atoms with E-state index in [0.717, 1.165) is 17.3 Å². The van der Waals surface area contributed by atoms with E-state index in [1.54, 1.807) is 0 Å². The summed E-state index contributed by atoms with van der Waals surface area (Å²) in [6.45, 7) is 5.01. The van der Waals surface area contributed by atoms with Crippen molar-refractivity contribution >= 4 is 11.6 Å². The van der Waals surface area contributed by atoms with Crippen LogP contribution in [-0.2, 0) is 6.54 Å². The molecule has 0 radical (unpaired) electrons. The predicted molar refractivity (Wildman–Crippen MR) is 42.1 cm³/mol. The van der Waals surface area contributed by atoms with Gasteiger partial charge in [-0.25, -0.2) is 0 Å². The molecule has 1 aromatic heterocycles. The van der Waals surface area contributed by atoms with Crippen molar-refractivity contribution in [2.75, 3.05) is 0 Å². The van der Waals surface area contributed by atoms with Crippen molar-refractivity contribution in [1.82, 2.24) is 0 Å². The zero-order chi connectivity index (χ0) is 7.56. The smallest absolute Gasteiger partial charge is 0.189 e. The normalized spacial score (nSPS) is 9.90. The molecule has 0 N–H and O–H groups in total. The molecule has 0 aliphatic rings. The third-order valence-electron chi connectivity index (χ3n) is 1.53. The molecule has 1 nitrogen and oxygen atoms in total. The summed E-state index contributed by atoms with van der Waals surface area (Å²) in [4.78, 5) is 0. The number of aryl methyl sites for hydroxylation is 2. The average Bonchev–Trinajstić information content (AvgIpc) is 1.95. The molecule has 54 valence electrons. The Bertz CT molecular complexity index is 233. The minimum absolute atomic E-state index is 0.838. The van der Waals surface area contributed by atoms with Crippen molar-refractivity contribution in [2.45, 2.75) is 20.4 Å². The fraction of sp³-hybridized carbons (Fsp3) is 0.375. The summed E-state index contributed by atoms with van der Waals surface area (Å²) in [6.07, 6.45) is 1.98. The number of rotatable bonds is 1. The highest BCUT2D eigenvalue weighted by Crippen LogP contribution is 2.06. The Kier molecular flexibility index (Phi) is 2.28. The predicted octanol–water partition coefficient (Wildman–Crippen LogP) is 1.96. The van der Waals surface area contributed by atoms with Gasteiger partial charge in [0.2, 0.25) is 0 Å². The lowest BCUT2D eigenvalue weighted by molar-refractivity contribution is -0.691. The summed E-state index contributed by atoms with van der Waals surface area (Å²) in [5.74, 6) is 0. The van der Waals surface area contributed by atoms with E-state index in [2.05, 4.69) is 6.92 Å². The number of hydrogen-bond acceptors (Lipinski definition) is 0. The largest absolute Gasteiger partial charge is 0.277 e. The van der Waals surface area contributed by atoms with Crippen molar-refractivity contribution in [3.05, 3.63) is 29.0 Å². The van der Waals surface area contributed by atoms with Crippen LogP contribution in [0.4, 0.5) is 0 Å². The van der Waals surface area contributed by atoms with Crippen LogP contribution < -0.4 is 4.57 Å². The third-order valence-corrected chi connectivity index (χ3v) is 2.05. The van der Waals surface area contributed by atoms with Crippen LogP contribution in [0.1, 0.15) is 12.5 Å². The second-order valence-electron chi connectivity index (χ2n) is 2.27. The fourth-order valence-electron chi connectivity index (χ4n) is 0.896. The van der Waals surface area contributed by atoms with Gasteiger partial charge in [-0.3, -0.25) is 0 Å². The van der Waals surface area contributed by atoms with Gasteiger partial charge in [0, 0.05) is 11.6 Å². The van der Waals surface area contributed by atoms with E-state index in [4.69, 9.17) is 11.6 Å². The Morgan fingerprint density at radius 3 is 2.80 bits per heavy atom. The minimum Gasteiger partial charge on any atom is -0.189 e. The van der Waals surface area contributed by atoms with Crippen molar-refractivity contribution in [3.63, 3.8) is 0 Å². The highest BCUT2D eigenvalue weighted by molar-refractivity contribution is 6.29. The van der Waals surface area contributed by atoms with E-state index >= 15 is 0 Å². The standard InChI is InChI=1S/C8H11ClN/c1-3-10-6-4-5-7(2)8(10)9/h4-6H,3H2,1-2H3/q+1. The SMILES string of the molecule is CC[n+]1cccc(C)c1Cl. The lowest BCUT2D eigenvalue weighted by atomic mass is 10.3. The van der Waals surface area contributed by atoms with Crippen molar-refractivity contribution in [3.8, 4) is 0 Å². The molecule has 0 bridgehead atoms. The van der Waals surface area contributed by atoms with Crippen LogP contribution in [-0.4, -0.2) is 0 Å². The second kappa shape index (κ2) is 3.02. The Morgan fingerprint density at radius 1 is 1.60 bits per heavy atom. The molecular weight excluding hydrogens is 146 g/mol. The first kappa shape index (κ1) is 7.55. The third kappa shape index (κ3) is 1.29. The molecule has 0 aromatic carbocycles. The molecular formula is C8H11ClN+. The maximum absolute atomic E-state index is 5.96. The molecule has 0 aliphatic heterocycles. The van der Waals surface area contributed by atoms with Gasteiger partial charge in [-0.1, -0.05) is 0 Å². The average molecular weight is 157 g/mol. The van der Waals surface area contributed by atoms with Gasteiger partial charge in [0.1, 0.15) is 6.54 Å². The molecule has 0 amide bonds. The molecule has 0 fully saturated rings. The van der Waals surface area contributed by atoms with Gasteiger partial charge >= 0.3 is 0 Å². The summed E-state index contributed by atoms with van der Waals surface area (Å²) in [6, 6.07) is 4.01. The van der Waals surface area contributed by atoms with Crippen LogP contribution in [0.15, 0.2) is 18.3 Å². The van der Waals surface area contributed by atoms with E-state index < -0.39 is 0 Å². The van der Waals surface area contributed by atoms with Crippen LogP contribution in [0.2, 0.25) is 5.15 Å². The van der Waals surface area contributed by atoms with Crippen molar-refractivity contribution in [2.24, 2.45) is 0 Å². The summed E-state index contributed by atoms with van der Waals surface area (Å²) in [5, 5.41) is 0.838. The lowest BCUT2D eigenvalue weighted by Gasteiger charge is -1.95. The first-order chi connectivity index (χ1) is 4.75. The molecule has 0 saturated heterocycles. The molecule has 0 saturated carbocycles. The molecule has 2 heteroatoms. The Labute approximate surface area is 66.3 Å². The molecule has 0 spiro atoms. The van der Waals surface area contributed by atoms with Crippen LogP contribution in [0.5, 0.6) is 0 Å². The van der Waals surface area contributed by atoms with Gasteiger partial charge in [0.15, 0.2) is 6.20 Å². The molecule has 10 heavy (non-hydrogen) atoms. The summed E-state index contributed by atoms with van der Waals surface area (Å²) >= 11 is 5.96. The monoisotopic (exact) mass is 156 g/mol. The highest BCUT2D eigenvalue weighted by Gasteiger charge is 2.06. The molecule has 1 aromatic rings. The van der Waals surface area contributed by atoms with Crippen LogP contribution >= 0.6 is 11.6 Å². The maximum Gasteiger partial charge on any atom is 0.277 e. The maximum atomic E-state index is 5.96. The Balaban J connectivity index is 3.14. The van der Waals surface area contributed by atoms with Crippen molar-refractivity contribution < 1.29 is 4.57 Å². The second-order valence-corrected chi connectivity index (χ2v) is 2.63. The van der Waals surface area contributed by atoms with E-state index in [0.29, 0.717) is 0 Å². The Morgan fingerprint density at radius 2 is 2.30 bits per heavy atom. The van der Waals surface area contributed by atoms with Gasteiger partial charge in [0.05, 0.1) is 0 Å². The first-order valence-electron chi connectivity index (χ1n) is 3.40. The molecule has 0 atom stereocenters. The van der Waals surface area contributed by atoms with Crippen molar-refractivity contribution in [1.29, 1.82) is 0 Å². The summed E-state index contributed by atoms with van der Waals surface area (Å²) in [5.41, 5.74) is 1.13. The fourth-order valence-corrected chi connectivity index (χ4v) is 1.14. The minimum atomic E-state index is 0.838. The van der Waals surface area contributed by atoms with Crippen LogP contribution in [0.25, 0.3) is 0 Å². The zero-order valence-electron chi connectivity index (χ0n) is 6.26. The quantitative estimate of drug-likeness (QED) is 0.432. The van der Waals surface area contributed by atoms with E-state index in [1.807, 2.05) is 29.8 Å². The van der Waals surface area contributed by atoms with Gasteiger partial charge in [-0.05, 0) is 31.5 Å². The number of halogens is 1. The number of pyridine rings is 1.